The topological polar surface area (TPSA) is 75.7 Å². The van der Waals surface area contributed by atoms with Gasteiger partial charge in [0, 0.05) is 18.7 Å². The van der Waals surface area contributed by atoms with Crippen molar-refractivity contribution in [3.8, 4) is 11.5 Å². The van der Waals surface area contributed by atoms with E-state index in [0.29, 0.717) is 12.2 Å². The molecule has 0 saturated carbocycles. The van der Waals surface area contributed by atoms with Crippen LogP contribution < -0.4 is 5.73 Å². The Bertz CT molecular complexity index is 288. The van der Waals surface area contributed by atoms with Crippen molar-refractivity contribution in [1.82, 2.24) is 0 Å². The average molecular weight is 183 g/mol. The largest absolute Gasteiger partial charge is 0.508 e. The van der Waals surface area contributed by atoms with Gasteiger partial charge in [0.05, 0.1) is 12.6 Å². The minimum atomic E-state index is -0.370. The predicted octanol–water partition coefficient (Wildman–Crippen LogP) is 0.744. The van der Waals surface area contributed by atoms with Gasteiger partial charge in [-0.15, -0.1) is 0 Å². The van der Waals surface area contributed by atoms with E-state index in [4.69, 9.17) is 15.6 Å². The molecule has 0 aliphatic carbocycles. The molecule has 1 aromatic carbocycles. The minimum absolute atomic E-state index is 0.00968. The first-order chi connectivity index (χ1) is 6.15. The zero-order chi connectivity index (χ0) is 9.84. The number of phenols is 2. The summed E-state index contributed by atoms with van der Waals surface area (Å²) in [4.78, 5) is 0. The van der Waals surface area contributed by atoms with E-state index >= 15 is 0 Å². The lowest BCUT2D eigenvalue weighted by Crippen LogP contribution is -2.15. The molecule has 72 valence electrons. The second-order valence-corrected chi connectivity index (χ2v) is 2.80. The summed E-state index contributed by atoms with van der Waals surface area (Å²) in [6, 6.07) is 3.94. The zero-order valence-electron chi connectivity index (χ0n) is 7.40. The molecule has 0 radical (unpaired) electrons. The molecule has 0 spiro atoms. The number of nitrogens with two attached hydrogens (primary N) is 1. The molecule has 1 unspecified atom stereocenters. The molecule has 13 heavy (non-hydrogen) atoms. The normalized spacial score (nSPS) is 12.8. The maximum absolute atomic E-state index is 9.39. The van der Waals surface area contributed by atoms with Gasteiger partial charge in [0.25, 0.3) is 0 Å². The highest BCUT2D eigenvalue weighted by atomic mass is 16.5. The van der Waals surface area contributed by atoms with E-state index in [9.17, 15) is 5.11 Å². The van der Waals surface area contributed by atoms with Crippen LogP contribution in [0.25, 0.3) is 0 Å². The van der Waals surface area contributed by atoms with E-state index in [2.05, 4.69) is 0 Å². The lowest BCUT2D eigenvalue weighted by Gasteiger charge is -2.12. The van der Waals surface area contributed by atoms with Crippen LogP contribution in [-0.4, -0.2) is 23.9 Å². The number of benzene rings is 1. The second-order valence-electron chi connectivity index (χ2n) is 2.80. The molecular formula is C9H13NO3. The first-order valence-corrected chi connectivity index (χ1v) is 3.91. The van der Waals surface area contributed by atoms with Crippen molar-refractivity contribution in [1.29, 1.82) is 0 Å². The van der Waals surface area contributed by atoms with Crippen LogP contribution in [0.3, 0.4) is 0 Å². The Balaban J connectivity index is 2.88. The summed E-state index contributed by atoms with van der Waals surface area (Å²) in [6.07, 6.45) is 0. The number of methoxy groups -OCH3 is 1. The molecule has 0 aliphatic heterocycles. The van der Waals surface area contributed by atoms with Crippen LogP contribution in [0.1, 0.15) is 11.6 Å². The fraction of sp³-hybridized carbons (Fsp3) is 0.333. The molecule has 1 rings (SSSR count). The molecule has 1 atom stereocenters. The van der Waals surface area contributed by atoms with Crippen molar-refractivity contribution in [2.45, 2.75) is 6.04 Å². The zero-order valence-corrected chi connectivity index (χ0v) is 7.40. The van der Waals surface area contributed by atoms with Gasteiger partial charge in [0.1, 0.15) is 11.5 Å². The van der Waals surface area contributed by atoms with E-state index < -0.39 is 0 Å². The van der Waals surface area contributed by atoms with Crippen molar-refractivity contribution in [2.24, 2.45) is 5.73 Å². The highest BCUT2D eigenvalue weighted by Gasteiger charge is 2.10. The number of hydrogen-bond donors (Lipinski definition) is 3. The highest BCUT2D eigenvalue weighted by Crippen LogP contribution is 2.26. The molecule has 0 aliphatic rings. The van der Waals surface area contributed by atoms with Crippen LogP contribution in [0, 0.1) is 0 Å². The molecule has 4 nitrogen and oxygen atoms in total. The van der Waals surface area contributed by atoms with Crippen molar-refractivity contribution in [2.75, 3.05) is 13.7 Å². The van der Waals surface area contributed by atoms with Crippen molar-refractivity contribution in [3.05, 3.63) is 23.8 Å². The maximum Gasteiger partial charge on any atom is 0.124 e. The minimum Gasteiger partial charge on any atom is -0.508 e. The highest BCUT2D eigenvalue weighted by molar-refractivity contribution is 5.40. The summed E-state index contributed by atoms with van der Waals surface area (Å²) in [7, 11) is 1.54. The number of hydrogen-bond acceptors (Lipinski definition) is 4. The summed E-state index contributed by atoms with van der Waals surface area (Å²) < 4.78 is 4.84. The Morgan fingerprint density at radius 3 is 2.69 bits per heavy atom. The average Bonchev–Trinajstić information content (AvgIpc) is 2.04. The molecule has 1 aromatic rings. The lowest BCUT2D eigenvalue weighted by molar-refractivity contribution is 0.180. The summed E-state index contributed by atoms with van der Waals surface area (Å²) in [5.74, 6) is 0.00965. The molecule has 0 bridgehead atoms. The van der Waals surface area contributed by atoms with Crippen molar-refractivity contribution in [3.63, 3.8) is 0 Å². The van der Waals surface area contributed by atoms with Crippen molar-refractivity contribution >= 4 is 0 Å². The molecular weight excluding hydrogens is 170 g/mol. The van der Waals surface area contributed by atoms with Crippen LogP contribution in [-0.2, 0) is 4.74 Å². The fourth-order valence-electron chi connectivity index (χ4n) is 1.11. The summed E-state index contributed by atoms with van der Waals surface area (Å²) in [5, 5.41) is 18.4. The van der Waals surface area contributed by atoms with Crippen LogP contribution in [0.15, 0.2) is 18.2 Å². The Hall–Kier alpha value is -1.26. The summed E-state index contributed by atoms with van der Waals surface area (Å²) in [5.41, 5.74) is 6.26. The third kappa shape index (κ3) is 2.34. The smallest absolute Gasteiger partial charge is 0.124 e. The van der Waals surface area contributed by atoms with Crippen LogP contribution in [0.4, 0.5) is 0 Å². The fourth-order valence-corrected chi connectivity index (χ4v) is 1.11. The van der Waals surface area contributed by atoms with Crippen LogP contribution in [0.2, 0.25) is 0 Å². The SMILES string of the molecule is COCC(N)c1ccc(O)cc1O. The molecule has 0 amide bonds. The number of ether oxygens (including phenoxy) is 1. The standard InChI is InChI=1S/C9H13NO3/c1-13-5-8(10)7-3-2-6(11)4-9(7)12/h2-4,8,11-12H,5,10H2,1H3. The first kappa shape index (κ1) is 9.83. The lowest BCUT2D eigenvalue weighted by atomic mass is 10.1. The van der Waals surface area contributed by atoms with Crippen molar-refractivity contribution < 1.29 is 14.9 Å². The van der Waals surface area contributed by atoms with Gasteiger partial charge in [0.15, 0.2) is 0 Å². The molecule has 0 saturated heterocycles. The molecule has 4 N–H and O–H groups in total. The second kappa shape index (κ2) is 4.11. The van der Waals surface area contributed by atoms with Gasteiger partial charge in [-0.05, 0) is 6.07 Å². The van der Waals surface area contributed by atoms with Gasteiger partial charge in [-0.3, -0.25) is 0 Å². The van der Waals surface area contributed by atoms with Gasteiger partial charge in [-0.25, -0.2) is 0 Å². The Morgan fingerprint density at radius 1 is 1.46 bits per heavy atom. The summed E-state index contributed by atoms with van der Waals surface area (Å²) in [6.45, 7) is 0.332. The third-order valence-corrected chi connectivity index (χ3v) is 1.76. The Kier molecular flexibility index (Phi) is 3.11. The van der Waals surface area contributed by atoms with Crippen LogP contribution in [0.5, 0.6) is 11.5 Å². The van der Waals surface area contributed by atoms with Crippen LogP contribution >= 0.6 is 0 Å². The quantitative estimate of drug-likeness (QED) is 0.646. The first-order valence-electron chi connectivity index (χ1n) is 3.91. The molecule has 0 fully saturated rings. The molecule has 4 heteroatoms. The number of aromatic hydroxyl groups is 2. The van der Waals surface area contributed by atoms with E-state index in [0.717, 1.165) is 0 Å². The van der Waals surface area contributed by atoms with Gasteiger partial charge in [0.2, 0.25) is 0 Å². The molecule has 0 aromatic heterocycles. The third-order valence-electron chi connectivity index (χ3n) is 1.76. The predicted molar refractivity (Wildman–Crippen MR) is 48.6 cm³/mol. The van der Waals surface area contributed by atoms with Gasteiger partial charge < -0.3 is 20.7 Å². The van der Waals surface area contributed by atoms with Gasteiger partial charge in [-0.2, -0.15) is 0 Å². The molecule has 0 heterocycles. The van der Waals surface area contributed by atoms with E-state index in [1.165, 1.54) is 19.2 Å². The van der Waals surface area contributed by atoms with E-state index in [1.54, 1.807) is 6.07 Å². The van der Waals surface area contributed by atoms with Gasteiger partial charge in [-0.1, -0.05) is 6.07 Å². The maximum atomic E-state index is 9.39. The number of rotatable bonds is 3. The number of phenolic OH excluding ortho intramolecular Hbond substituents is 2. The Morgan fingerprint density at radius 2 is 2.15 bits per heavy atom. The van der Waals surface area contributed by atoms with E-state index in [1.807, 2.05) is 0 Å². The van der Waals surface area contributed by atoms with E-state index in [-0.39, 0.29) is 17.5 Å². The monoisotopic (exact) mass is 183 g/mol. The van der Waals surface area contributed by atoms with Gasteiger partial charge >= 0.3 is 0 Å². The Labute approximate surface area is 76.6 Å². The summed E-state index contributed by atoms with van der Waals surface area (Å²) >= 11 is 0.